The molecule has 0 aliphatic rings. The van der Waals surface area contributed by atoms with Crippen LogP contribution in [0.15, 0.2) is 90.7 Å². The second kappa shape index (κ2) is 8.05. The molecule has 3 heterocycles. The molecule has 0 amide bonds. The van der Waals surface area contributed by atoms with Crippen molar-refractivity contribution in [1.82, 2.24) is 24.1 Å². The molecule has 3 aromatic heterocycles. The van der Waals surface area contributed by atoms with Gasteiger partial charge >= 0.3 is 0 Å². The van der Waals surface area contributed by atoms with E-state index >= 15 is 0 Å². The van der Waals surface area contributed by atoms with Crippen LogP contribution >= 0.6 is 0 Å². The van der Waals surface area contributed by atoms with E-state index in [9.17, 15) is 8.42 Å². The average molecular weight is 444 g/mol. The van der Waals surface area contributed by atoms with Crippen LogP contribution in [-0.4, -0.2) is 38.8 Å². The Morgan fingerprint density at radius 1 is 0.969 bits per heavy atom. The highest BCUT2D eigenvalue weighted by molar-refractivity contribution is 7.90. The van der Waals surface area contributed by atoms with Crippen LogP contribution in [0.25, 0.3) is 27.9 Å². The van der Waals surface area contributed by atoms with Crippen molar-refractivity contribution in [3.8, 4) is 22.3 Å². The van der Waals surface area contributed by atoms with Crippen molar-refractivity contribution in [2.75, 3.05) is 6.26 Å². The Hall–Kier alpha value is -3.78. The number of hydrogen-bond acceptors (Lipinski definition) is 5. The predicted octanol–water partition coefficient (Wildman–Crippen LogP) is 3.91. The standard InChI is InChI=1S/C24H21N5O2S/c1-32(30,31)22-4-2-3-20(13-22)23-15-27-29-16-21(14-26-24(23)29)19-7-5-18(6-8-19)9-11-28-12-10-25-17-28/h2-8,10,12-17H,9,11H2,1H3. The number of sulfone groups is 1. The van der Waals surface area contributed by atoms with Gasteiger partial charge in [0.05, 0.1) is 17.4 Å². The van der Waals surface area contributed by atoms with Crippen molar-refractivity contribution in [3.63, 3.8) is 0 Å². The van der Waals surface area contributed by atoms with Crippen molar-refractivity contribution in [2.24, 2.45) is 0 Å². The summed E-state index contributed by atoms with van der Waals surface area (Å²) in [5.41, 5.74) is 5.50. The highest BCUT2D eigenvalue weighted by Crippen LogP contribution is 2.27. The van der Waals surface area contributed by atoms with Gasteiger partial charge in [-0.3, -0.25) is 0 Å². The summed E-state index contributed by atoms with van der Waals surface area (Å²) >= 11 is 0. The first-order valence-corrected chi connectivity index (χ1v) is 12.1. The van der Waals surface area contributed by atoms with E-state index in [0.29, 0.717) is 5.65 Å². The van der Waals surface area contributed by atoms with Crippen LogP contribution in [0.1, 0.15) is 5.56 Å². The fourth-order valence-electron chi connectivity index (χ4n) is 3.66. The molecule has 0 atom stereocenters. The van der Waals surface area contributed by atoms with Crippen LogP contribution in [0.4, 0.5) is 0 Å². The third kappa shape index (κ3) is 4.04. The third-order valence-electron chi connectivity index (χ3n) is 5.43. The lowest BCUT2D eigenvalue weighted by Crippen LogP contribution is -1.98. The number of fused-ring (bicyclic) bond motifs is 1. The Balaban J connectivity index is 1.40. The summed E-state index contributed by atoms with van der Waals surface area (Å²) in [5.74, 6) is 0. The lowest BCUT2D eigenvalue weighted by atomic mass is 10.1. The number of rotatable bonds is 6. The van der Waals surface area contributed by atoms with Gasteiger partial charge in [-0.1, -0.05) is 36.4 Å². The Kier molecular flexibility index (Phi) is 5.07. The number of imidazole rings is 1. The van der Waals surface area contributed by atoms with Gasteiger partial charge < -0.3 is 4.57 Å². The first-order valence-electron chi connectivity index (χ1n) is 10.2. The molecule has 0 saturated carbocycles. The van der Waals surface area contributed by atoms with E-state index in [4.69, 9.17) is 0 Å². The number of benzene rings is 2. The molecule has 5 aromatic rings. The van der Waals surface area contributed by atoms with Crippen LogP contribution in [0.2, 0.25) is 0 Å². The highest BCUT2D eigenvalue weighted by Gasteiger charge is 2.13. The molecule has 0 bridgehead atoms. The first-order chi connectivity index (χ1) is 15.5. The molecule has 7 nitrogen and oxygen atoms in total. The lowest BCUT2D eigenvalue weighted by molar-refractivity contribution is 0.602. The van der Waals surface area contributed by atoms with Gasteiger partial charge in [0, 0.05) is 48.7 Å². The molecule has 0 unspecified atom stereocenters. The van der Waals surface area contributed by atoms with Gasteiger partial charge in [0.15, 0.2) is 15.5 Å². The van der Waals surface area contributed by atoms with E-state index in [0.717, 1.165) is 35.2 Å². The minimum absolute atomic E-state index is 0.277. The topological polar surface area (TPSA) is 82.1 Å². The number of hydrogen-bond donors (Lipinski definition) is 0. The van der Waals surface area contributed by atoms with Crippen LogP contribution in [-0.2, 0) is 22.8 Å². The molecular formula is C24H21N5O2S. The molecule has 32 heavy (non-hydrogen) atoms. The number of aromatic nitrogens is 5. The van der Waals surface area contributed by atoms with E-state index in [-0.39, 0.29) is 4.90 Å². The van der Waals surface area contributed by atoms with Crippen LogP contribution < -0.4 is 0 Å². The lowest BCUT2D eigenvalue weighted by Gasteiger charge is -2.06. The van der Waals surface area contributed by atoms with Crippen LogP contribution in [0.3, 0.4) is 0 Å². The average Bonchev–Trinajstić information content (AvgIpc) is 3.47. The summed E-state index contributed by atoms with van der Waals surface area (Å²) in [6.45, 7) is 0.892. The van der Waals surface area contributed by atoms with Crippen molar-refractivity contribution in [3.05, 3.63) is 91.4 Å². The zero-order valence-electron chi connectivity index (χ0n) is 17.5. The quantitative estimate of drug-likeness (QED) is 0.397. The zero-order valence-corrected chi connectivity index (χ0v) is 18.3. The van der Waals surface area contributed by atoms with Crippen molar-refractivity contribution in [1.29, 1.82) is 0 Å². The van der Waals surface area contributed by atoms with Gasteiger partial charge in [-0.25, -0.2) is 22.9 Å². The maximum Gasteiger partial charge on any atom is 0.175 e. The normalized spacial score (nSPS) is 11.8. The first kappa shape index (κ1) is 20.1. The van der Waals surface area contributed by atoms with Crippen LogP contribution in [0.5, 0.6) is 0 Å². The Labute approximate surface area is 185 Å². The second-order valence-electron chi connectivity index (χ2n) is 7.72. The van der Waals surface area contributed by atoms with Gasteiger partial charge in [0.1, 0.15) is 0 Å². The molecule has 0 radical (unpaired) electrons. The molecule has 8 heteroatoms. The smallest absolute Gasteiger partial charge is 0.175 e. The van der Waals surface area contributed by atoms with Crippen molar-refractivity contribution < 1.29 is 8.42 Å². The SMILES string of the molecule is CS(=O)(=O)c1cccc(-c2cnn3cc(-c4ccc(CCn5ccnc5)cc4)cnc23)c1. The molecule has 0 fully saturated rings. The van der Waals surface area contributed by atoms with E-state index in [1.165, 1.54) is 11.8 Å². The van der Waals surface area contributed by atoms with E-state index in [1.54, 1.807) is 35.1 Å². The summed E-state index contributed by atoms with van der Waals surface area (Å²) in [5, 5.41) is 4.44. The maximum atomic E-state index is 11.9. The zero-order chi connectivity index (χ0) is 22.1. The van der Waals surface area contributed by atoms with E-state index < -0.39 is 9.84 Å². The molecule has 0 saturated heterocycles. The van der Waals surface area contributed by atoms with Gasteiger partial charge in [-0.05, 0) is 35.2 Å². The molecule has 160 valence electrons. The Morgan fingerprint density at radius 3 is 2.56 bits per heavy atom. The summed E-state index contributed by atoms with van der Waals surface area (Å²) in [6, 6.07) is 15.3. The molecule has 0 aliphatic heterocycles. The fourth-order valence-corrected chi connectivity index (χ4v) is 4.33. The van der Waals surface area contributed by atoms with E-state index in [2.05, 4.69) is 43.9 Å². The molecule has 5 rings (SSSR count). The fraction of sp³-hybridized carbons (Fsp3) is 0.125. The van der Waals surface area contributed by atoms with Crippen molar-refractivity contribution >= 4 is 15.5 Å². The second-order valence-corrected chi connectivity index (χ2v) is 9.73. The van der Waals surface area contributed by atoms with Gasteiger partial charge in [-0.15, -0.1) is 0 Å². The molecule has 0 N–H and O–H groups in total. The minimum Gasteiger partial charge on any atom is -0.337 e. The van der Waals surface area contributed by atoms with E-state index in [1.807, 2.05) is 31.0 Å². The largest absolute Gasteiger partial charge is 0.337 e. The van der Waals surface area contributed by atoms with Gasteiger partial charge in [-0.2, -0.15) is 5.10 Å². The maximum absolute atomic E-state index is 11.9. The number of nitrogens with zero attached hydrogens (tertiary/aromatic N) is 5. The van der Waals surface area contributed by atoms with Gasteiger partial charge in [0.2, 0.25) is 0 Å². The molecular weight excluding hydrogens is 422 g/mol. The van der Waals surface area contributed by atoms with Gasteiger partial charge in [0.25, 0.3) is 0 Å². The third-order valence-corrected chi connectivity index (χ3v) is 6.55. The minimum atomic E-state index is -3.29. The number of aryl methyl sites for hydroxylation is 2. The predicted molar refractivity (Wildman–Crippen MR) is 123 cm³/mol. The molecule has 0 aliphatic carbocycles. The summed E-state index contributed by atoms with van der Waals surface area (Å²) in [4.78, 5) is 8.97. The Bertz CT molecular complexity index is 1490. The molecule has 0 spiro atoms. The van der Waals surface area contributed by atoms with Crippen molar-refractivity contribution in [2.45, 2.75) is 17.9 Å². The molecule has 2 aromatic carbocycles. The monoisotopic (exact) mass is 443 g/mol. The summed E-state index contributed by atoms with van der Waals surface area (Å²) in [6.07, 6.45) is 13.2. The summed E-state index contributed by atoms with van der Waals surface area (Å²) < 4.78 is 27.6. The summed E-state index contributed by atoms with van der Waals surface area (Å²) in [7, 11) is -3.29. The van der Waals surface area contributed by atoms with Crippen LogP contribution in [0, 0.1) is 0 Å². The highest BCUT2D eigenvalue weighted by atomic mass is 32.2. The Morgan fingerprint density at radius 2 is 1.81 bits per heavy atom.